The Bertz CT molecular complexity index is 1060. The first-order valence-corrected chi connectivity index (χ1v) is 11.4. The van der Waals surface area contributed by atoms with Gasteiger partial charge in [-0.2, -0.15) is 13.2 Å². The molecule has 2 heterocycles. The highest BCUT2D eigenvalue weighted by atomic mass is 35.5. The van der Waals surface area contributed by atoms with Crippen LogP contribution < -0.4 is 10.1 Å². The van der Waals surface area contributed by atoms with E-state index in [0.717, 1.165) is 0 Å². The van der Waals surface area contributed by atoms with Crippen LogP contribution in [0, 0.1) is 0 Å². The first kappa shape index (κ1) is 26.6. The van der Waals surface area contributed by atoms with Gasteiger partial charge in [-0.3, -0.25) is 4.79 Å². The van der Waals surface area contributed by atoms with Crippen LogP contribution in [0.3, 0.4) is 0 Å². The fourth-order valence-electron chi connectivity index (χ4n) is 3.56. The summed E-state index contributed by atoms with van der Waals surface area (Å²) in [5.74, 6) is -0.418. The number of benzene rings is 1. The lowest BCUT2D eigenvalue weighted by Crippen LogP contribution is -2.44. The Balaban J connectivity index is 1.72. The van der Waals surface area contributed by atoms with Crippen LogP contribution in [0.5, 0.6) is 5.75 Å². The second-order valence-corrected chi connectivity index (χ2v) is 9.60. The molecule has 1 aliphatic rings. The normalized spacial score (nSPS) is 15.0. The molecule has 3 rings (SSSR count). The van der Waals surface area contributed by atoms with E-state index in [4.69, 9.17) is 21.1 Å². The first-order valence-electron chi connectivity index (χ1n) is 11.1. The Morgan fingerprint density at radius 2 is 1.86 bits per heavy atom. The maximum absolute atomic E-state index is 13.1. The summed E-state index contributed by atoms with van der Waals surface area (Å²) in [4.78, 5) is 30.2. The molecule has 7 nitrogen and oxygen atoms in total. The number of pyridine rings is 1. The Morgan fingerprint density at radius 1 is 1.17 bits per heavy atom. The Kier molecular flexibility index (Phi) is 8.15. The van der Waals surface area contributed by atoms with Gasteiger partial charge in [0.2, 0.25) is 0 Å². The standard InChI is InChI=1S/C24H27ClF3N3O4/c1-23(2,3)35-22(33)31-9-6-17(7-10-31)34-18-12-15(14-24(26,27)28)11-16(13-18)30-21(32)19-5-4-8-29-20(19)25/h4-5,8,11-13,17H,6-7,9-10,14H2,1-3H3,(H,30,32). The number of amides is 2. The van der Waals surface area contributed by atoms with Crippen LogP contribution in [-0.2, 0) is 11.2 Å². The fourth-order valence-corrected chi connectivity index (χ4v) is 3.77. The summed E-state index contributed by atoms with van der Waals surface area (Å²) >= 11 is 5.95. The average Bonchev–Trinajstić information content (AvgIpc) is 2.72. The number of carbonyl (C=O) groups excluding carboxylic acids is 2. The number of hydrogen-bond donors (Lipinski definition) is 1. The van der Waals surface area contributed by atoms with E-state index in [0.29, 0.717) is 25.9 Å². The van der Waals surface area contributed by atoms with Crippen molar-refractivity contribution in [2.75, 3.05) is 18.4 Å². The number of likely N-dealkylation sites (tertiary alicyclic amines) is 1. The average molecular weight is 514 g/mol. The smallest absolute Gasteiger partial charge is 0.410 e. The summed E-state index contributed by atoms with van der Waals surface area (Å²) in [6.07, 6.45) is -3.97. The van der Waals surface area contributed by atoms with Crippen molar-refractivity contribution in [1.82, 2.24) is 9.88 Å². The van der Waals surface area contributed by atoms with Gasteiger partial charge >= 0.3 is 12.3 Å². The second-order valence-electron chi connectivity index (χ2n) is 9.24. The van der Waals surface area contributed by atoms with Crippen molar-refractivity contribution in [2.45, 2.75) is 57.9 Å². The predicted octanol–water partition coefficient (Wildman–Crippen LogP) is 5.87. The zero-order valence-corrected chi connectivity index (χ0v) is 20.4. The Labute approximate surface area is 206 Å². The van der Waals surface area contributed by atoms with Gasteiger partial charge in [0.1, 0.15) is 22.6 Å². The van der Waals surface area contributed by atoms with Gasteiger partial charge in [0.25, 0.3) is 5.91 Å². The molecule has 0 aliphatic carbocycles. The number of aromatic nitrogens is 1. The number of nitrogens with one attached hydrogen (secondary N) is 1. The topological polar surface area (TPSA) is 80.8 Å². The lowest BCUT2D eigenvalue weighted by molar-refractivity contribution is -0.127. The Morgan fingerprint density at radius 3 is 2.46 bits per heavy atom. The molecule has 1 N–H and O–H groups in total. The van der Waals surface area contributed by atoms with E-state index in [1.54, 1.807) is 25.7 Å². The molecule has 1 aromatic heterocycles. The molecule has 0 radical (unpaired) electrons. The highest BCUT2D eigenvalue weighted by Crippen LogP contribution is 2.30. The molecule has 11 heteroatoms. The van der Waals surface area contributed by atoms with Crippen LogP contribution in [-0.4, -0.2) is 52.9 Å². The SMILES string of the molecule is CC(C)(C)OC(=O)N1CCC(Oc2cc(CC(F)(F)F)cc(NC(=O)c3cccnc3Cl)c2)CC1. The van der Waals surface area contributed by atoms with Crippen LogP contribution in [0.2, 0.25) is 5.15 Å². The molecule has 0 saturated carbocycles. The van der Waals surface area contributed by atoms with E-state index in [-0.39, 0.29) is 33.8 Å². The van der Waals surface area contributed by atoms with Gasteiger partial charge in [-0.05, 0) is 50.6 Å². The molecule has 0 atom stereocenters. The van der Waals surface area contributed by atoms with Gasteiger partial charge in [-0.1, -0.05) is 11.6 Å². The fraction of sp³-hybridized carbons (Fsp3) is 0.458. The van der Waals surface area contributed by atoms with Gasteiger partial charge in [-0.25, -0.2) is 9.78 Å². The van der Waals surface area contributed by atoms with E-state index in [9.17, 15) is 22.8 Å². The largest absolute Gasteiger partial charge is 0.490 e. The van der Waals surface area contributed by atoms with E-state index >= 15 is 0 Å². The molecule has 1 aromatic carbocycles. The minimum absolute atomic E-state index is 0.0235. The molecule has 190 valence electrons. The molecular weight excluding hydrogens is 487 g/mol. The van der Waals surface area contributed by atoms with Gasteiger partial charge in [0, 0.05) is 43.9 Å². The molecule has 2 amide bonds. The van der Waals surface area contributed by atoms with Crippen LogP contribution in [0.1, 0.15) is 49.5 Å². The molecule has 1 saturated heterocycles. The van der Waals surface area contributed by atoms with E-state index in [1.807, 2.05) is 0 Å². The van der Waals surface area contributed by atoms with Crippen molar-refractivity contribution < 1.29 is 32.2 Å². The van der Waals surface area contributed by atoms with Crippen molar-refractivity contribution in [3.63, 3.8) is 0 Å². The van der Waals surface area contributed by atoms with E-state index in [1.165, 1.54) is 36.5 Å². The summed E-state index contributed by atoms with van der Waals surface area (Å²) in [5, 5.41) is 2.54. The van der Waals surface area contributed by atoms with Crippen molar-refractivity contribution in [1.29, 1.82) is 0 Å². The van der Waals surface area contributed by atoms with Crippen molar-refractivity contribution in [3.8, 4) is 5.75 Å². The van der Waals surface area contributed by atoms with Crippen LogP contribution in [0.25, 0.3) is 0 Å². The lowest BCUT2D eigenvalue weighted by atomic mass is 10.1. The number of nitrogens with zero attached hydrogens (tertiary/aromatic N) is 2. The summed E-state index contributed by atoms with van der Waals surface area (Å²) in [5.41, 5.74) is -0.441. The minimum atomic E-state index is -4.44. The summed E-state index contributed by atoms with van der Waals surface area (Å²) in [6, 6.07) is 7.00. The van der Waals surface area contributed by atoms with Gasteiger partial charge in [0.05, 0.1) is 12.0 Å². The molecule has 1 aliphatic heterocycles. The van der Waals surface area contributed by atoms with Crippen LogP contribution in [0.15, 0.2) is 36.5 Å². The third-order valence-electron chi connectivity index (χ3n) is 5.03. The zero-order valence-electron chi connectivity index (χ0n) is 19.6. The van der Waals surface area contributed by atoms with Gasteiger partial charge in [0.15, 0.2) is 0 Å². The number of halogens is 4. The highest BCUT2D eigenvalue weighted by Gasteiger charge is 2.30. The molecule has 1 fully saturated rings. The number of ether oxygens (including phenoxy) is 2. The lowest BCUT2D eigenvalue weighted by Gasteiger charge is -2.33. The molecule has 2 aromatic rings. The molecule has 35 heavy (non-hydrogen) atoms. The monoisotopic (exact) mass is 513 g/mol. The summed E-state index contributed by atoms with van der Waals surface area (Å²) in [7, 11) is 0. The van der Waals surface area contributed by atoms with Crippen LogP contribution >= 0.6 is 11.6 Å². The quantitative estimate of drug-likeness (QED) is 0.506. The first-order chi connectivity index (χ1) is 16.3. The number of anilines is 1. The second kappa shape index (κ2) is 10.7. The maximum Gasteiger partial charge on any atom is 0.410 e. The summed E-state index contributed by atoms with van der Waals surface area (Å²) in [6.45, 7) is 6.14. The number of carbonyl (C=O) groups is 2. The summed E-state index contributed by atoms with van der Waals surface area (Å²) < 4.78 is 50.6. The van der Waals surface area contributed by atoms with Gasteiger partial charge < -0.3 is 19.7 Å². The third-order valence-corrected chi connectivity index (χ3v) is 5.33. The molecule has 0 spiro atoms. The molecule has 0 bridgehead atoms. The third kappa shape index (κ3) is 8.31. The number of rotatable bonds is 5. The van der Waals surface area contributed by atoms with Gasteiger partial charge in [-0.15, -0.1) is 0 Å². The molecular formula is C24H27ClF3N3O4. The van der Waals surface area contributed by atoms with Crippen molar-refractivity contribution in [3.05, 3.63) is 52.8 Å². The number of piperidine rings is 1. The predicted molar refractivity (Wildman–Crippen MR) is 125 cm³/mol. The maximum atomic E-state index is 13.1. The van der Waals surface area contributed by atoms with E-state index in [2.05, 4.69) is 10.3 Å². The number of hydrogen-bond acceptors (Lipinski definition) is 5. The zero-order chi connectivity index (χ0) is 25.8. The molecule has 0 unspecified atom stereocenters. The van der Waals surface area contributed by atoms with E-state index < -0.39 is 30.2 Å². The van der Waals surface area contributed by atoms with Crippen molar-refractivity contribution >= 4 is 29.3 Å². The van der Waals surface area contributed by atoms with Crippen LogP contribution in [0.4, 0.5) is 23.7 Å². The highest BCUT2D eigenvalue weighted by molar-refractivity contribution is 6.33. The minimum Gasteiger partial charge on any atom is -0.490 e. The Hall–Kier alpha value is -3.01. The number of alkyl halides is 3. The van der Waals surface area contributed by atoms with Crippen molar-refractivity contribution in [2.24, 2.45) is 0 Å².